The van der Waals surface area contributed by atoms with Crippen molar-refractivity contribution in [2.45, 2.75) is 25.9 Å². The van der Waals surface area contributed by atoms with E-state index in [0.29, 0.717) is 43.0 Å². The van der Waals surface area contributed by atoms with E-state index in [9.17, 15) is 13.2 Å². The van der Waals surface area contributed by atoms with Crippen LogP contribution in [0.1, 0.15) is 30.9 Å². The third-order valence-electron chi connectivity index (χ3n) is 4.84. The van der Waals surface area contributed by atoms with Gasteiger partial charge in [0.1, 0.15) is 5.82 Å². The summed E-state index contributed by atoms with van der Waals surface area (Å²) in [6.07, 6.45) is -3.64. The fourth-order valence-electron chi connectivity index (χ4n) is 3.25. The SMILES string of the molecule is CC(C)c1ccccc1NC(=S)N1CCN(c2ncc(C(F)(F)F)cc2Cl)CC1. The zero-order valence-corrected chi connectivity index (χ0v) is 17.7. The molecule has 2 aromatic rings. The third kappa shape index (κ3) is 5.11. The van der Waals surface area contributed by atoms with E-state index in [4.69, 9.17) is 23.8 Å². The highest BCUT2D eigenvalue weighted by molar-refractivity contribution is 7.80. The number of hydrogen-bond acceptors (Lipinski definition) is 3. The number of halogens is 4. The molecule has 1 N–H and O–H groups in total. The van der Waals surface area contributed by atoms with Gasteiger partial charge in [0.2, 0.25) is 0 Å². The molecule has 156 valence electrons. The first-order valence-electron chi connectivity index (χ1n) is 9.29. The molecule has 2 heterocycles. The molecule has 1 aliphatic rings. The summed E-state index contributed by atoms with van der Waals surface area (Å²) in [5.41, 5.74) is 1.33. The first-order valence-corrected chi connectivity index (χ1v) is 10.1. The second-order valence-electron chi connectivity index (χ2n) is 7.17. The molecule has 0 atom stereocenters. The van der Waals surface area contributed by atoms with E-state index in [0.717, 1.165) is 18.0 Å². The number of piperazine rings is 1. The number of pyridine rings is 1. The molecule has 0 spiro atoms. The number of para-hydroxylation sites is 1. The Hall–Kier alpha value is -2.06. The summed E-state index contributed by atoms with van der Waals surface area (Å²) in [5, 5.41) is 3.95. The van der Waals surface area contributed by atoms with Crippen LogP contribution in [0.4, 0.5) is 24.7 Å². The molecular formula is C20H22ClF3N4S. The Morgan fingerprint density at radius 1 is 1.17 bits per heavy atom. The molecule has 0 unspecified atom stereocenters. The first-order chi connectivity index (χ1) is 13.7. The van der Waals surface area contributed by atoms with E-state index in [2.05, 4.69) is 30.2 Å². The predicted molar refractivity (Wildman–Crippen MR) is 115 cm³/mol. The van der Waals surface area contributed by atoms with Crippen molar-refractivity contribution < 1.29 is 13.2 Å². The van der Waals surface area contributed by atoms with Gasteiger partial charge in [-0.3, -0.25) is 0 Å². The van der Waals surface area contributed by atoms with Gasteiger partial charge in [-0.25, -0.2) is 4.98 Å². The number of thiocarbonyl (C=S) groups is 1. The van der Waals surface area contributed by atoms with Gasteiger partial charge >= 0.3 is 6.18 Å². The Morgan fingerprint density at radius 2 is 1.83 bits per heavy atom. The highest BCUT2D eigenvalue weighted by Gasteiger charge is 2.32. The highest BCUT2D eigenvalue weighted by atomic mass is 35.5. The normalized spacial score (nSPS) is 15.0. The van der Waals surface area contributed by atoms with Gasteiger partial charge in [0.25, 0.3) is 0 Å². The van der Waals surface area contributed by atoms with Crippen molar-refractivity contribution in [1.82, 2.24) is 9.88 Å². The van der Waals surface area contributed by atoms with Crippen molar-refractivity contribution in [2.24, 2.45) is 0 Å². The number of nitrogens with zero attached hydrogens (tertiary/aromatic N) is 3. The lowest BCUT2D eigenvalue weighted by atomic mass is 10.0. The molecule has 0 bridgehead atoms. The number of rotatable bonds is 3. The monoisotopic (exact) mass is 442 g/mol. The fraction of sp³-hybridized carbons (Fsp3) is 0.400. The predicted octanol–water partition coefficient (Wildman–Crippen LogP) is 5.40. The van der Waals surface area contributed by atoms with E-state index in [1.54, 1.807) is 0 Å². The zero-order chi connectivity index (χ0) is 21.2. The number of benzene rings is 1. The molecule has 1 aromatic carbocycles. The van der Waals surface area contributed by atoms with Gasteiger partial charge in [-0.15, -0.1) is 0 Å². The zero-order valence-electron chi connectivity index (χ0n) is 16.1. The summed E-state index contributed by atoms with van der Waals surface area (Å²) >= 11 is 11.6. The van der Waals surface area contributed by atoms with Gasteiger partial charge in [0.05, 0.1) is 10.6 Å². The van der Waals surface area contributed by atoms with Gasteiger partial charge in [-0.05, 0) is 35.8 Å². The third-order valence-corrected chi connectivity index (χ3v) is 5.48. The van der Waals surface area contributed by atoms with Crippen molar-refractivity contribution in [3.05, 3.63) is 52.7 Å². The first kappa shape index (κ1) is 21.6. The molecular weight excluding hydrogens is 421 g/mol. The van der Waals surface area contributed by atoms with Crippen molar-refractivity contribution in [1.29, 1.82) is 0 Å². The van der Waals surface area contributed by atoms with Gasteiger partial charge < -0.3 is 15.1 Å². The lowest BCUT2D eigenvalue weighted by molar-refractivity contribution is -0.137. The van der Waals surface area contributed by atoms with Crippen LogP contribution in [-0.2, 0) is 6.18 Å². The van der Waals surface area contributed by atoms with Crippen LogP contribution in [0, 0.1) is 0 Å². The molecule has 0 aliphatic carbocycles. The number of anilines is 2. The lowest BCUT2D eigenvalue weighted by Crippen LogP contribution is -2.50. The average Bonchev–Trinajstić information content (AvgIpc) is 2.67. The topological polar surface area (TPSA) is 31.4 Å². The van der Waals surface area contributed by atoms with Crippen molar-refractivity contribution >= 4 is 40.4 Å². The molecule has 1 saturated heterocycles. The fourth-order valence-corrected chi connectivity index (χ4v) is 3.83. The molecule has 0 amide bonds. The Kier molecular flexibility index (Phi) is 6.53. The van der Waals surface area contributed by atoms with Crippen LogP contribution in [0.5, 0.6) is 0 Å². The molecule has 0 radical (unpaired) electrons. The minimum Gasteiger partial charge on any atom is -0.352 e. The summed E-state index contributed by atoms with van der Waals surface area (Å²) in [5.74, 6) is 0.731. The van der Waals surface area contributed by atoms with Crippen molar-refractivity contribution in [2.75, 3.05) is 36.4 Å². The van der Waals surface area contributed by atoms with Crippen LogP contribution in [0.15, 0.2) is 36.5 Å². The summed E-state index contributed by atoms with van der Waals surface area (Å²) in [6, 6.07) is 8.97. The summed E-state index contributed by atoms with van der Waals surface area (Å²) in [7, 11) is 0. The van der Waals surface area contributed by atoms with E-state index in [-0.39, 0.29) is 5.02 Å². The van der Waals surface area contributed by atoms with E-state index < -0.39 is 11.7 Å². The second kappa shape index (κ2) is 8.75. The Morgan fingerprint density at radius 3 is 2.41 bits per heavy atom. The largest absolute Gasteiger partial charge is 0.417 e. The summed E-state index contributed by atoms with van der Waals surface area (Å²) in [4.78, 5) is 7.87. The maximum atomic E-state index is 12.8. The van der Waals surface area contributed by atoms with E-state index >= 15 is 0 Å². The van der Waals surface area contributed by atoms with E-state index in [1.165, 1.54) is 5.56 Å². The number of hydrogen-bond donors (Lipinski definition) is 1. The molecule has 29 heavy (non-hydrogen) atoms. The maximum Gasteiger partial charge on any atom is 0.417 e. The lowest BCUT2D eigenvalue weighted by Gasteiger charge is -2.37. The second-order valence-corrected chi connectivity index (χ2v) is 7.97. The number of nitrogens with one attached hydrogen (secondary N) is 1. The number of aromatic nitrogens is 1. The maximum absolute atomic E-state index is 12.8. The van der Waals surface area contributed by atoms with Crippen molar-refractivity contribution in [3.8, 4) is 0 Å². The molecule has 3 rings (SSSR count). The smallest absolute Gasteiger partial charge is 0.352 e. The van der Waals surface area contributed by atoms with Crippen LogP contribution < -0.4 is 10.2 Å². The molecule has 4 nitrogen and oxygen atoms in total. The molecule has 9 heteroatoms. The van der Waals surface area contributed by atoms with Gasteiger partial charge in [-0.1, -0.05) is 43.6 Å². The van der Waals surface area contributed by atoms with Crippen LogP contribution in [0.25, 0.3) is 0 Å². The van der Waals surface area contributed by atoms with Crippen LogP contribution >= 0.6 is 23.8 Å². The minimum atomic E-state index is -4.46. The Labute approximate surface area is 178 Å². The van der Waals surface area contributed by atoms with Crippen LogP contribution in [-0.4, -0.2) is 41.2 Å². The number of alkyl halides is 3. The van der Waals surface area contributed by atoms with Crippen molar-refractivity contribution in [3.63, 3.8) is 0 Å². The molecule has 1 aromatic heterocycles. The standard InChI is InChI=1S/C20H22ClF3N4S/c1-13(2)15-5-3-4-6-17(15)26-19(29)28-9-7-27(8-10-28)18-16(21)11-14(12-25-18)20(22,23)24/h3-6,11-13H,7-10H2,1-2H3,(H,26,29). The minimum absolute atomic E-state index is 0.000151. The summed E-state index contributed by atoms with van der Waals surface area (Å²) in [6.45, 7) is 6.62. The van der Waals surface area contributed by atoms with Crippen LogP contribution in [0.3, 0.4) is 0 Å². The highest BCUT2D eigenvalue weighted by Crippen LogP contribution is 2.33. The van der Waals surface area contributed by atoms with E-state index in [1.807, 2.05) is 28.0 Å². The van der Waals surface area contributed by atoms with Gasteiger partial charge in [0, 0.05) is 38.1 Å². The quantitative estimate of drug-likeness (QED) is 0.643. The molecule has 1 aliphatic heterocycles. The Balaban J connectivity index is 1.63. The molecule has 1 fully saturated rings. The van der Waals surface area contributed by atoms with Crippen LogP contribution in [0.2, 0.25) is 5.02 Å². The van der Waals surface area contributed by atoms with Gasteiger partial charge in [0.15, 0.2) is 5.11 Å². The van der Waals surface area contributed by atoms with Gasteiger partial charge in [-0.2, -0.15) is 13.2 Å². The Bertz CT molecular complexity index is 880. The summed E-state index contributed by atoms with van der Waals surface area (Å²) < 4.78 is 38.4. The molecule has 0 saturated carbocycles. The average molecular weight is 443 g/mol.